The summed E-state index contributed by atoms with van der Waals surface area (Å²) >= 11 is 0. The zero-order valence-corrected chi connectivity index (χ0v) is 9.20. The van der Waals surface area contributed by atoms with E-state index < -0.39 is 0 Å². The van der Waals surface area contributed by atoms with Gasteiger partial charge in [-0.25, -0.2) is 0 Å². The van der Waals surface area contributed by atoms with Crippen LogP contribution < -0.4 is 10.5 Å². The SMILES string of the molecule is COc1ccnc(C2(CN)CCCC2)c1. The molecule has 1 aromatic heterocycles. The monoisotopic (exact) mass is 206 g/mol. The van der Waals surface area contributed by atoms with Crippen molar-refractivity contribution < 1.29 is 4.74 Å². The molecule has 1 aromatic rings. The lowest BCUT2D eigenvalue weighted by Gasteiger charge is -2.26. The predicted molar refractivity (Wildman–Crippen MR) is 60.0 cm³/mol. The molecule has 0 spiro atoms. The minimum absolute atomic E-state index is 0.106. The summed E-state index contributed by atoms with van der Waals surface area (Å²) in [5, 5.41) is 0. The largest absolute Gasteiger partial charge is 0.497 e. The molecule has 0 unspecified atom stereocenters. The first kappa shape index (κ1) is 10.4. The van der Waals surface area contributed by atoms with E-state index in [-0.39, 0.29) is 5.41 Å². The lowest BCUT2D eigenvalue weighted by molar-refractivity contribution is 0.403. The van der Waals surface area contributed by atoms with Crippen molar-refractivity contribution in [3.8, 4) is 5.75 Å². The minimum atomic E-state index is 0.106. The van der Waals surface area contributed by atoms with Crippen LogP contribution in [0.15, 0.2) is 18.3 Å². The molecule has 0 atom stereocenters. The number of methoxy groups -OCH3 is 1. The van der Waals surface area contributed by atoms with Crippen LogP contribution in [0, 0.1) is 0 Å². The Balaban J connectivity index is 2.33. The molecule has 0 saturated heterocycles. The van der Waals surface area contributed by atoms with Crippen molar-refractivity contribution in [1.82, 2.24) is 4.98 Å². The van der Waals surface area contributed by atoms with E-state index in [1.54, 1.807) is 7.11 Å². The van der Waals surface area contributed by atoms with Crippen molar-refractivity contribution in [3.05, 3.63) is 24.0 Å². The molecule has 0 radical (unpaired) electrons. The molecular weight excluding hydrogens is 188 g/mol. The van der Waals surface area contributed by atoms with Gasteiger partial charge in [0.15, 0.2) is 0 Å². The summed E-state index contributed by atoms with van der Waals surface area (Å²) in [5.74, 6) is 0.875. The average Bonchev–Trinajstić information content (AvgIpc) is 2.79. The van der Waals surface area contributed by atoms with Crippen molar-refractivity contribution >= 4 is 0 Å². The molecule has 3 nitrogen and oxygen atoms in total. The first-order valence-electron chi connectivity index (χ1n) is 5.51. The van der Waals surface area contributed by atoms with Gasteiger partial charge in [-0.3, -0.25) is 4.98 Å². The highest BCUT2D eigenvalue weighted by molar-refractivity contribution is 5.29. The van der Waals surface area contributed by atoms with Gasteiger partial charge < -0.3 is 10.5 Å². The molecule has 3 heteroatoms. The van der Waals surface area contributed by atoms with Crippen LogP contribution in [0.1, 0.15) is 31.4 Å². The van der Waals surface area contributed by atoms with Gasteiger partial charge in [-0.1, -0.05) is 12.8 Å². The second-order valence-corrected chi connectivity index (χ2v) is 4.27. The van der Waals surface area contributed by atoms with Crippen LogP contribution in [0.4, 0.5) is 0 Å². The molecule has 82 valence electrons. The van der Waals surface area contributed by atoms with Crippen LogP contribution in [-0.4, -0.2) is 18.6 Å². The molecule has 0 aliphatic heterocycles. The van der Waals surface area contributed by atoms with E-state index in [0.29, 0.717) is 6.54 Å². The Bertz CT molecular complexity index is 332. The first-order chi connectivity index (χ1) is 7.30. The second kappa shape index (κ2) is 4.19. The van der Waals surface area contributed by atoms with Crippen molar-refractivity contribution in [3.63, 3.8) is 0 Å². The molecule has 0 amide bonds. The third-order valence-corrected chi connectivity index (χ3v) is 3.46. The van der Waals surface area contributed by atoms with E-state index in [0.717, 1.165) is 24.3 Å². The Morgan fingerprint density at radius 3 is 2.80 bits per heavy atom. The van der Waals surface area contributed by atoms with Crippen LogP contribution in [0.3, 0.4) is 0 Å². The predicted octanol–water partition coefficient (Wildman–Crippen LogP) is 1.86. The normalized spacial score (nSPS) is 19.1. The summed E-state index contributed by atoms with van der Waals surface area (Å²) in [6, 6.07) is 3.90. The molecular formula is C12H18N2O. The molecule has 1 aliphatic carbocycles. The van der Waals surface area contributed by atoms with Gasteiger partial charge >= 0.3 is 0 Å². The Morgan fingerprint density at radius 2 is 2.20 bits per heavy atom. The van der Waals surface area contributed by atoms with Crippen molar-refractivity contribution in [1.29, 1.82) is 0 Å². The standard InChI is InChI=1S/C12H18N2O/c1-15-10-4-7-14-11(8-10)12(9-13)5-2-3-6-12/h4,7-8H,2-3,5-6,9,13H2,1H3. The maximum atomic E-state index is 5.91. The highest BCUT2D eigenvalue weighted by atomic mass is 16.5. The fraction of sp³-hybridized carbons (Fsp3) is 0.583. The van der Waals surface area contributed by atoms with Gasteiger partial charge in [0.2, 0.25) is 0 Å². The van der Waals surface area contributed by atoms with E-state index in [9.17, 15) is 0 Å². The summed E-state index contributed by atoms with van der Waals surface area (Å²) in [6.07, 6.45) is 6.64. The smallest absolute Gasteiger partial charge is 0.122 e. The van der Waals surface area contributed by atoms with E-state index >= 15 is 0 Å². The van der Waals surface area contributed by atoms with Crippen LogP contribution in [0.5, 0.6) is 5.75 Å². The molecule has 1 aliphatic rings. The number of hydrogen-bond acceptors (Lipinski definition) is 3. The van der Waals surface area contributed by atoms with Crippen molar-refractivity contribution in [2.75, 3.05) is 13.7 Å². The second-order valence-electron chi connectivity index (χ2n) is 4.27. The topological polar surface area (TPSA) is 48.1 Å². The highest BCUT2D eigenvalue weighted by Gasteiger charge is 2.35. The summed E-state index contributed by atoms with van der Waals surface area (Å²) in [7, 11) is 1.68. The molecule has 1 fully saturated rings. The highest BCUT2D eigenvalue weighted by Crippen LogP contribution is 2.39. The van der Waals surface area contributed by atoms with Gasteiger partial charge in [0.05, 0.1) is 12.8 Å². The molecule has 0 aromatic carbocycles. The van der Waals surface area contributed by atoms with Crippen molar-refractivity contribution in [2.24, 2.45) is 5.73 Å². The van der Waals surface area contributed by atoms with E-state index in [4.69, 9.17) is 10.5 Å². The fourth-order valence-electron chi connectivity index (χ4n) is 2.44. The van der Waals surface area contributed by atoms with Gasteiger partial charge in [-0.05, 0) is 18.9 Å². The van der Waals surface area contributed by atoms with Crippen LogP contribution in [0.2, 0.25) is 0 Å². The van der Waals surface area contributed by atoms with Gasteiger partial charge in [0.1, 0.15) is 5.75 Å². The fourth-order valence-corrected chi connectivity index (χ4v) is 2.44. The summed E-state index contributed by atoms with van der Waals surface area (Å²) in [5.41, 5.74) is 7.12. The Morgan fingerprint density at radius 1 is 1.47 bits per heavy atom. The summed E-state index contributed by atoms with van der Waals surface area (Å²) < 4.78 is 5.22. The molecule has 15 heavy (non-hydrogen) atoms. The van der Waals surface area contributed by atoms with Gasteiger partial charge in [-0.15, -0.1) is 0 Å². The molecule has 2 N–H and O–H groups in total. The molecule has 2 rings (SSSR count). The average molecular weight is 206 g/mol. The summed E-state index contributed by atoms with van der Waals surface area (Å²) in [6.45, 7) is 0.688. The number of aromatic nitrogens is 1. The van der Waals surface area contributed by atoms with E-state index in [2.05, 4.69) is 4.98 Å². The maximum absolute atomic E-state index is 5.91. The van der Waals surface area contributed by atoms with Crippen LogP contribution in [0.25, 0.3) is 0 Å². The van der Waals surface area contributed by atoms with E-state index in [1.165, 1.54) is 12.8 Å². The quantitative estimate of drug-likeness (QED) is 0.821. The van der Waals surface area contributed by atoms with Gasteiger partial charge in [0.25, 0.3) is 0 Å². The maximum Gasteiger partial charge on any atom is 0.122 e. The Labute approximate surface area is 90.7 Å². The van der Waals surface area contributed by atoms with Gasteiger partial charge in [0, 0.05) is 24.2 Å². The van der Waals surface area contributed by atoms with Crippen LogP contribution in [-0.2, 0) is 5.41 Å². The molecule has 1 heterocycles. The third kappa shape index (κ3) is 1.84. The zero-order chi connectivity index (χ0) is 10.7. The summed E-state index contributed by atoms with van der Waals surface area (Å²) in [4.78, 5) is 4.45. The van der Waals surface area contributed by atoms with Crippen molar-refractivity contribution in [2.45, 2.75) is 31.1 Å². The lowest BCUT2D eigenvalue weighted by atomic mass is 9.82. The van der Waals surface area contributed by atoms with Crippen LogP contribution >= 0.6 is 0 Å². The number of hydrogen-bond donors (Lipinski definition) is 1. The number of nitrogens with zero attached hydrogens (tertiary/aromatic N) is 1. The Kier molecular flexibility index (Phi) is 2.91. The minimum Gasteiger partial charge on any atom is -0.497 e. The molecule has 0 bridgehead atoms. The van der Waals surface area contributed by atoms with Gasteiger partial charge in [-0.2, -0.15) is 0 Å². The third-order valence-electron chi connectivity index (χ3n) is 3.46. The first-order valence-corrected chi connectivity index (χ1v) is 5.51. The number of pyridine rings is 1. The number of ether oxygens (including phenoxy) is 1. The van der Waals surface area contributed by atoms with E-state index in [1.807, 2.05) is 18.3 Å². The number of nitrogens with two attached hydrogens (primary N) is 1. The lowest BCUT2D eigenvalue weighted by Crippen LogP contribution is -2.32. The number of rotatable bonds is 3. The molecule has 1 saturated carbocycles. The Hall–Kier alpha value is -1.09. The zero-order valence-electron chi connectivity index (χ0n) is 9.20.